The fraction of sp³-hybridized carbons (Fsp3) is 0.500. The zero-order chi connectivity index (χ0) is 14.9. The van der Waals surface area contributed by atoms with Crippen molar-refractivity contribution in [3.8, 4) is 0 Å². The maximum absolute atomic E-state index is 4.58. The molecule has 1 aromatic carbocycles. The summed E-state index contributed by atoms with van der Waals surface area (Å²) >= 11 is 1.85. The Morgan fingerprint density at radius 1 is 1.23 bits per heavy atom. The zero-order valence-corrected chi connectivity index (χ0v) is 13.9. The van der Waals surface area contributed by atoms with Crippen molar-refractivity contribution in [2.75, 3.05) is 17.6 Å². The Morgan fingerprint density at radius 3 is 2.86 bits per heavy atom. The molecule has 1 saturated carbocycles. The van der Waals surface area contributed by atoms with Crippen LogP contribution in [-0.4, -0.2) is 28.4 Å². The SMILES string of the molecule is CC1CCC(Nc2cccc3cc(C4=NCCS4)[nH]c23)CC1. The van der Waals surface area contributed by atoms with Gasteiger partial charge in [0.05, 0.1) is 16.9 Å². The molecule has 0 radical (unpaired) electrons. The van der Waals surface area contributed by atoms with Gasteiger partial charge in [-0.2, -0.15) is 0 Å². The maximum atomic E-state index is 4.58. The van der Waals surface area contributed by atoms with E-state index in [2.05, 4.69) is 46.5 Å². The summed E-state index contributed by atoms with van der Waals surface area (Å²) in [6, 6.07) is 9.39. The number of aromatic nitrogens is 1. The number of rotatable bonds is 3. The van der Waals surface area contributed by atoms with Gasteiger partial charge in [0.25, 0.3) is 0 Å². The van der Waals surface area contributed by atoms with Gasteiger partial charge in [0, 0.05) is 23.7 Å². The highest BCUT2D eigenvalue weighted by atomic mass is 32.2. The predicted molar refractivity (Wildman–Crippen MR) is 97.2 cm³/mol. The minimum atomic E-state index is 0.617. The molecular weight excluding hydrogens is 290 g/mol. The molecule has 1 aliphatic heterocycles. The van der Waals surface area contributed by atoms with Crippen LogP contribution in [0.2, 0.25) is 0 Å². The van der Waals surface area contributed by atoms with Crippen molar-refractivity contribution in [2.45, 2.75) is 38.6 Å². The molecule has 2 N–H and O–H groups in total. The number of nitrogens with zero attached hydrogens (tertiary/aromatic N) is 1. The summed E-state index contributed by atoms with van der Waals surface area (Å²) in [6.07, 6.45) is 5.26. The molecule has 0 unspecified atom stereocenters. The molecule has 1 aliphatic carbocycles. The number of hydrogen-bond acceptors (Lipinski definition) is 3. The van der Waals surface area contributed by atoms with Gasteiger partial charge in [-0.15, -0.1) is 11.8 Å². The number of thioether (sulfide) groups is 1. The van der Waals surface area contributed by atoms with Crippen LogP contribution in [0.25, 0.3) is 10.9 Å². The van der Waals surface area contributed by atoms with Crippen LogP contribution in [0.1, 0.15) is 38.3 Å². The molecule has 2 aliphatic rings. The molecule has 4 rings (SSSR count). The maximum Gasteiger partial charge on any atom is 0.114 e. The second kappa shape index (κ2) is 5.99. The summed E-state index contributed by atoms with van der Waals surface area (Å²) in [5.41, 5.74) is 3.64. The number of benzene rings is 1. The van der Waals surface area contributed by atoms with E-state index in [1.807, 2.05) is 11.8 Å². The van der Waals surface area contributed by atoms with E-state index in [0.717, 1.165) is 23.3 Å². The van der Waals surface area contributed by atoms with Gasteiger partial charge in [0.15, 0.2) is 0 Å². The molecule has 22 heavy (non-hydrogen) atoms. The number of aromatic amines is 1. The van der Waals surface area contributed by atoms with Crippen LogP contribution < -0.4 is 5.32 Å². The Balaban J connectivity index is 1.60. The number of fused-ring (bicyclic) bond motifs is 1. The largest absolute Gasteiger partial charge is 0.381 e. The molecule has 0 saturated heterocycles. The van der Waals surface area contributed by atoms with E-state index in [1.165, 1.54) is 48.0 Å². The fourth-order valence-electron chi connectivity index (χ4n) is 3.51. The van der Waals surface area contributed by atoms with Crippen molar-refractivity contribution in [3.63, 3.8) is 0 Å². The van der Waals surface area contributed by atoms with Gasteiger partial charge in [0.2, 0.25) is 0 Å². The van der Waals surface area contributed by atoms with Crippen LogP contribution in [0.5, 0.6) is 0 Å². The molecule has 4 heteroatoms. The van der Waals surface area contributed by atoms with E-state index in [0.29, 0.717) is 6.04 Å². The quantitative estimate of drug-likeness (QED) is 0.865. The minimum Gasteiger partial charge on any atom is -0.381 e. The lowest BCUT2D eigenvalue weighted by Crippen LogP contribution is -2.25. The lowest BCUT2D eigenvalue weighted by atomic mass is 9.87. The Kier molecular flexibility index (Phi) is 3.87. The molecule has 2 heterocycles. The van der Waals surface area contributed by atoms with Crippen LogP contribution >= 0.6 is 11.8 Å². The van der Waals surface area contributed by atoms with Crippen LogP contribution in [0.4, 0.5) is 5.69 Å². The standard InChI is InChI=1S/C18H23N3S/c1-12-5-7-14(8-6-12)20-15-4-2-3-13-11-16(21-17(13)15)18-19-9-10-22-18/h2-4,11-12,14,20-21H,5-10H2,1H3. The van der Waals surface area contributed by atoms with Crippen molar-refractivity contribution >= 4 is 33.4 Å². The topological polar surface area (TPSA) is 40.2 Å². The summed E-state index contributed by atoms with van der Waals surface area (Å²) in [5, 5.41) is 6.21. The summed E-state index contributed by atoms with van der Waals surface area (Å²) in [7, 11) is 0. The Morgan fingerprint density at radius 2 is 2.09 bits per heavy atom. The monoisotopic (exact) mass is 313 g/mol. The van der Waals surface area contributed by atoms with E-state index in [4.69, 9.17) is 0 Å². The van der Waals surface area contributed by atoms with E-state index >= 15 is 0 Å². The summed E-state index contributed by atoms with van der Waals surface area (Å²) in [4.78, 5) is 8.17. The zero-order valence-electron chi connectivity index (χ0n) is 13.1. The third-order valence-electron chi connectivity index (χ3n) is 4.85. The van der Waals surface area contributed by atoms with Gasteiger partial charge >= 0.3 is 0 Å². The molecule has 0 bridgehead atoms. The lowest BCUT2D eigenvalue weighted by molar-refractivity contribution is 0.361. The highest BCUT2D eigenvalue weighted by Crippen LogP contribution is 2.30. The van der Waals surface area contributed by atoms with Crippen LogP contribution in [-0.2, 0) is 0 Å². The molecule has 0 spiro atoms. The van der Waals surface area contributed by atoms with Crippen molar-refractivity contribution in [2.24, 2.45) is 10.9 Å². The number of para-hydroxylation sites is 1. The van der Waals surface area contributed by atoms with Gasteiger partial charge in [-0.3, -0.25) is 4.99 Å². The van der Waals surface area contributed by atoms with Crippen LogP contribution in [0.3, 0.4) is 0 Å². The normalized spacial score (nSPS) is 25.4. The van der Waals surface area contributed by atoms with Gasteiger partial charge in [-0.1, -0.05) is 19.1 Å². The highest BCUT2D eigenvalue weighted by Gasteiger charge is 2.19. The average Bonchev–Trinajstić information content (AvgIpc) is 3.18. The van der Waals surface area contributed by atoms with E-state index in [-0.39, 0.29) is 0 Å². The molecular formula is C18H23N3S. The predicted octanol–water partition coefficient (Wildman–Crippen LogP) is 4.65. The Labute approximate surface area is 136 Å². The first-order valence-electron chi connectivity index (χ1n) is 8.35. The second-order valence-electron chi connectivity index (χ2n) is 6.59. The first kappa shape index (κ1) is 14.2. The van der Waals surface area contributed by atoms with Gasteiger partial charge in [-0.05, 0) is 43.7 Å². The number of hydrogen-bond donors (Lipinski definition) is 2. The number of aliphatic imine (C=N–C) groups is 1. The number of H-pyrrole nitrogens is 1. The first-order valence-corrected chi connectivity index (χ1v) is 9.34. The van der Waals surface area contributed by atoms with E-state index in [9.17, 15) is 0 Å². The second-order valence-corrected chi connectivity index (χ2v) is 7.67. The molecule has 1 fully saturated rings. The van der Waals surface area contributed by atoms with E-state index < -0.39 is 0 Å². The summed E-state index contributed by atoms with van der Waals surface area (Å²) in [6.45, 7) is 3.31. The molecule has 0 amide bonds. The minimum absolute atomic E-state index is 0.617. The number of anilines is 1. The number of nitrogens with one attached hydrogen (secondary N) is 2. The molecule has 1 aromatic heterocycles. The van der Waals surface area contributed by atoms with Crippen molar-refractivity contribution in [1.82, 2.24) is 4.98 Å². The van der Waals surface area contributed by atoms with E-state index in [1.54, 1.807) is 0 Å². The third-order valence-corrected chi connectivity index (χ3v) is 5.86. The summed E-state index contributed by atoms with van der Waals surface area (Å²) < 4.78 is 0. The van der Waals surface area contributed by atoms with Crippen molar-refractivity contribution in [1.29, 1.82) is 0 Å². The highest BCUT2D eigenvalue weighted by molar-refractivity contribution is 8.14. The molecule has 2 aromatic rings. The smallest absolute Gasteiger partial charge is 0.114 e. The van der Waals surface area contributed by atoms with Crippen molar-refractivity contribution in [3.05, 3.63) is 30.0 Å². The molecule has 3 nitrogen and oxygen atoms in total. The molecule has 0 atom stereocenters. The lowest BCUT2D eigenvalue weighted by Gasteiger charge is -2.27. The third kappa shape index (κ3) is 2.76. The summed E-state index contributed by atoms with van der Waals surface area (Å²) in [5.74, 6) is 2.00. The average molecular weight is 313 g/mol. The fourth-order valence-corrected chi connectivity index (χ4v) is 4.34. The first-order chi connectivity index (χ1) is 10.8. The Bertz CT molecular complexity index is 695. The van der Waals surface area contributed by atoms with Gasteiger partial charge < -0.3 is 10.3 Å². The van der Waals surface area contributed by atoms with Crippen LogP contribution in [0, 0.1) is 5.92 Å². The van der Waals surface area contributed by atoms with Crippen LogP contribution in [0.15, 0.2) is 29.3 Å². The van der Waals surface area contributed by atoms with Crippen molar-refractivity contribution < 1.29 is 0 Å². The molecule has 116 valence electrons. The Hall–Kier alpha value is -1.42. The van der Waals surface area contributed by atoms with Gasteiger partial charge in [-0.25, -0.2) is 0 Å². The van der Waals surface area contributed by atoms with Gasteiger partial charge in [0.1, 0.15) is 5.04 Å².